The molecule has 19 heavy (non-hydrogen) atoms. The normalized spacial score (nSPS) is 24.2. The van der Waals surface area contributed by atoms with Gasteiger partial charge in [-0.25, -0.2) is 0 Å². The number of amides is 2. The van der Waals surface area contributed by atoms with Gasteiger partial charge in [0.1, 0.15) is 0 Å². The van der Waals surface area contributed by atoms with Gasteiger partial charge in [0, 0.05) is 25.6 Å². The minimum atomic E-state index is -0.336. The first-order chi connectivity index (χ1) is 9.09. The molecule has 2 amide bonds. The van der Waals surface area contributed by atoms with Crippen LogP contribution >= 0.6 is 0 Å². The number of hydrogen-bond acceptors (Lipinski definition) is 3. The molecule has 1 heterocycles. The SMILES string of the molecule is NCC1(C(=O)N2CCC(C(N)=O)CC2)CCCCC1. The van der Waals surface area contributed by atoms with Gasteiger partial charge in [-0.2, -0.15) is 0 Å². The molecule has 2 fully saturated rings. The molecule has 2 rings (SSSR count). The average molecular weight is 267 g/mol. The fourth-order valence-electron chi connectivity index (χ4n) is 3.44. The second-order valence-corrected chi connectivity index (χ2v) is 6.01. The summed E-state index contributed by atoms with van der Waals surface area (Å²) in [6.45, 7) is 1.74. The fourth-order valence-corrected chi connectivity index (χ4v) is 3.44. The molecule has 0 radical (unpaired) electrons. The van der Waals surface area contributed by atoms with Crippen molar-refractivity contribution in [2.24, 2.45) is 22.8 Å². The molecule has 1 saturated heterocycles. The van der Waals surface area contributed by atoms with E-state index in [1.165, 1.54) is 6.42 Å². The van der Waals surface area contributed by atoms with E-state index in [0.29, 0.717) is 32.5 Å². The van der Waals surface area contributed by atoms with Crippen LogP contribution in [0.15, 0.2) is 0 Å². The summed E-state index contributed by atoms with van der Waals surface area (Å²) in [6.07, 6.45) is 6.62. The summed E-state index contributed by atoms with van der Waals surface area (Å²) in [5.74, 6) is -0.0971. The number of piperidine rings is 1. The summed E-state index contributed by atoms with van der Waals surface area (Å²) < 4.78 is 0. The Balaban J connectivity index is 1.98. The highest BCUT2D eigenvalue weighted by molar-refractivity contribution is 5.84. The standard InChI is InChI=1S/C14H25N3O2/c15-10-14(6-2-1-3-7-14)13(19)17-8-4-11(5-9-17)12(16)18/h11H,1-10,15H2,(H2,16,18). The predicted molar refractivity (Wildman–Crippen MR) is 73.1 cm³/mol. The van der Waals surface area contributed by atoms with E-state index >= 15 is 0 Å². The van der Waals surface area contributed by atoms with Crippen LogP contribution in [0.2, 0.25) is 0 Å². The highest BCUT2D eigenvalue weighted by atomic mass is 16.2. The summed E-state index contributed by atoms with van der Waals surface area (Å²) in [4.78, 5) is 25.8. The molecule has 0 bridgehead atoms. The molecule has 0 spiro atoms. The molecule has 1 aliphatic heterocycles. The van der Waals surface area contributed by atoms with Crippen LogP contribution in [0.3, 0.4) is 0 Å². The van der Waals surface area contributed by atoms with E-state index in [1.807, 2.05) is 4.90 Å². The summed E-state index contributed by atoms with van der Waals surface area (Å²) >= 11 is 0. The third-order valence-electron chi connectivity index (χ3n) is 4.84. The molecule has 0 aromatic heterocycles. The smallest absolute Gasteiger partial charge is 0.230 e. The Morgan fingerprint density at radius 3 is 2.16 bits per heavy atom. The van der Waals surface area contributed by atoms with Gasteiger partial charge >= 0.3 is 0 Å². The van der Waals surface area contributed by atoms with Crippen molar-refractivity contribution < 1.29 is 9.59 Å². The monoisotopic (exact) mass is 267 g/mol. The topological polar surface area (TPSA) is 89.4 Å². The molecular weight excluding hydrogens is 242 g/mol. The zero-order chi connectivity index (χ0) is 13.9. The van der Waals surface area contributed by atoms with Crippen LogP contribution in [0.25, 0.3) is 0 Å². The Bertz CT molecular complexity index is 343. The first-order valence-corrected chi connectivity index (χ1v) is 7.38. The lowest BCUT2D eigenvalue weighted by Gasteiger charge is -2.41. The van der Waals surface area contributed by atoms with E-state index in [9.17, 15) is 9.59 Å². The number of carbonyl (C=O) groups is 2. The Labute approximate surface area is 114 Å². The minimum absolute atomic E-state index is 0.0655. The molecule has 5 nitrogen and oxygen atoms in total. The van der Waals surface area contributed by atoms with Gasteiger partial charge in [-0.3, -0.25) is 9.59 Å². The van der Waals surface area contributed by atoms with Crippen molar-refractivity contribution in [3.63, 3.8) is 0 Å². The summed E-state index contributed by atoms with van der Waals surface area (Å²) in [5, 5.41) is 0. The van der Waals surface area contributed by atoms with Crippen LogP contribution in [-0.4, -0.2) is 36.3 Å². The van der Waals surface area contributed by atoms with Crippen LogP contribution in [0.4, 0.5) is 0 Å². The molecule has 0 aromatic rings. The lowest BCUT2D eigenvalue weighted by molar-refractivity contribution is -0.146. The molecule has 5 heteroatoms. The molecule has 108 valence electrons. The van der Waals surface area contributed by atoms with Crippen LogP contribution in [0, 0.1) is 11.3 Å². The number of nitrogens with two attached hydrogens (primary N) is 2. The second-order valence-electron chi connectivity index (χ2n) is 6.01. The zero-order valence-corrected chi connectivity index (χ0v) is 11.6. The van der Waals surface area contributed by atoms with Crippen LogP contribution in [0.5, 0.6) is 0 Å². The molecule has 0 aromatic carbocycles. The number of primary amides is 1. The molecule has 0 unspecified atom stereocenters. The third-order valence-corrected chi connectivity index (χ3v) is 4.84. The van der Waals surface area contributed by atoms with Crippen molar-refractivity contribution in [3.8, 4) is 0 Å². The van der Waals surface area contributed by atoms with Gasteiger partial charge in [-0.1, -0.05) is 19.3 Å². The van der Waals surface area contributed by atoms with Gasteiger partial charge < -0.3 is 16.4 Å². The van der Waals surface area contributed by atoms with Gasteiger partial charge in [-0.15, -0.1) is 0 Å². The maximum atomic E-state index is 12.7. The predicted octanol–water partition coefficient (Wildman–Crippen LogP) is 0.619. The first-order valence-electron chi connectivity index (χ1n) is 7.38. The molecule has 0 atom stereocenters. The first kappa shape index (κ1) is 14.3. The minimum Gasteiger partial charge on any atom is -0.369 e. The largest absolute Gasteiger partial charge is 0.369 e. The molecular formula is C14H25N3O2. The maximum Gasteiger partial charge on any atom is 0.230 e. The Kier molecular flexibility index (Phi) is 4.45. The fraction of sp³-hybridized carbons (Fsp3) is 0.857. The average Bonchev–Trinajstić information content (AvgIpc) is 2.47. The number of carbonyl (C=O) groups excluding carboxylic acids is 2. The third kappa shape index (κ3) is 2.91. The Hall–Kier alpha value is -1.10. The zero-order valence-electron chi connectivity index (χ0n) is 11.6. The lowest BCUT2D eigenvalue weighted by atomic mass is 9.72. The van der Waals surface area contributed by atoms with Gasteiger partial charge in [0.25, 0.3) is 0 Å². The Morgan fingerprint density at radius 2 is 1.68 bits per heavy atom. The van der Waals surface area contributed by atoms with Crippen molar-refractivity contribution >= 4 is 11.8 Å². The van der Waals surface area contributed by atoms with Crippen LogP contribution < -0.4 is 11.5 Å². The van der Waals surface area contributed by atoms with Crippen molar-refractivity contribution in [1.29, 1.82) is 0 Å². The van der Waals surface area contributed by atoms with Gasteiger partial charge in [0.05, 0.1) is 5.41 Å². The quantitative estimate of drug-likeness (QED) is 0.785. The van der Waals surface area contributed by atoms with E-state index in [0.717, 1.165) is 25.7 Å². The van der Waals surface area contributed by atoms with Crippen molar-refractivity contribution in [2.75, 3.05) is 19.6 Å². The number of nitrogens with zero attached hydrogens (tertiary/aromatic N) is 1. The maximum absolute atomic E-state index is 12.7. The van der Waals surface area contributed by atoms with Crippen molar-refractivity contribution in [1.82, 2.24) is 4.90 Å². The van der Waals surface area contributed by atoms with Crippen molar-refractivity contribution in [2.45, 2.75) is 44.9 Å². The van der Waals surface area contributed by atoms with E-state index in [4.69, 9.17) is 11.5 Å². The molecule has 4 N–H and O–H groups in total. The van der Waals surface area contributed by atoms with Crippen LogP contribution in [-0.2, 0) is 9.59 Å². The highest BCUT2D eigenvalue weighted by Gasteiger charge is 2.41. The van der Waals surface area contributed by atoms with E-state index in [2.05, 4.69) is 0 Å². The summed E-state index contributed by atoms with van der Waals surface area (Å²) in [6, 6.07) is 0. The molecule has 1 aliphatic carbocycles. The Morgan fingerprint density at radius 1 is 1.11 bits per heavy atom. The van der Waals surface area contributed by atoms with Crippen molar-refractivity contribution in [3.05, 3.63) is 0 Å². The van der Waals surface area contributed by atoms with E-state index in [1.54, 1.807) is 0 Å². The van der Waals surface area contributed by atoms with E-state index in [-0.39, 0.29) is 23.1 Å². The number of likely N-dealkylation sites (tertiary alicyclic amines) is 1. The second kappa shape index (κ2) is 5.90. The summed E-state index contributed by atoms with van der Waals surface area (Å²) in [5.41, 5.74) is 10.9. The number of hydrogen-bond donors (Lipinski definition) is 2. The van der Waals surface area contributed by atoms with Gasteiger partial charge in [0.2, 0.25) is 11.8 Å². The molecule has 1 saturated carbocycles. The van der Waals surface area contributed by atoms with Crippen LogP contribution in [0.1, 0.15) is 44.9 Å². The van der Waals surface area contributed by atoms with E-state index < -0.39 is 0 Å². The lowest BCUT2D eigenvalue weighted by Crippen LogP contribution is -2.52. The summed E-state index contributed by atoms with van der Waals surface area (Å²) in [7, 11) is 0. The highest BCUT2D eigenvalue weighted by Crippen LogP contribution is 2.37. The van der Waals surface area contributed by atoms with Gasteiger partial charge in [-0.05, 0) is 25.7 Å². The molecule has 2 aliphatic rings. The number of rotatable bonds is 3. The van der Waals surface area contributed by atoms with Gasteiger partial charge in [0.15, 0.2) is 0 Å².